The van der Waals surface area contributed by atoms with Gasteiger partial charge in [-0.25, -0.2) is 4.79 Å². The zero-order valence-electron chi connectivity index (χ0n) is 11.7. The molecule has 1 rings (SSSR count). The van der Waals surface area contributed by atoms with Crippen molar-refractivity contribution in [2.24, 2.45) is 5.73 Å². The predicted octanol–water partition coefficient (Wildman–Crippen LogP) is 2.91. The van der Waals surface area contributed by atoms with E-state index in [2.05, 4.69) is 11.8 Å². The van der Waals surface area contributed by atoms with Crippen molar-refractivity contribution in [3.05, 3.63) is 0 Å². The number of hydrogen-bond acceptors (Lipinski definition) is 3. The minimum Gasteiger partial charge on any atom is -0.446 e. The minimum absolute atomic E-state index is 0.0102. The largest absolute Gasteiger partial charge is 0.446 e. The highest BCUT2D eigenvalue weighted by Gasteiger charge is 2.16. The Kier molecular flexibility index (Phi) is 7.81. The maximum atomic E-state index is 10.9. The Hall–Kier alpha value is -0.770. The van der Waals surface area contributed by atoms with E-state index in [9.17, 15) is 4.79 Å². The lowest BCUT2D eigenvalue weighted by Gasteiger charge is -2.28. The molecular formula is C14H28N2O2. The van der Waals surface area contributed by atoms with E-state index in [4.69, 9.17) is 10.5 Å². The van der Waals surface area contributed by atoms with Crippen molar-refractivity contribution in [3.8, 4) is 0 Å². The first kappa shape index (κ1) is 15.3. The van der Waals surface area contributed by atoms with Gasteiger partial charge in [0.05, 0.1) is 0 Å². The van der Waals surface area contributed by atoms with Crippen molar-refractivity contribution < 1.29 is 9.53 Å². The molecule has 106 valence electrons. The topological polar surface area (TPSA) is 55.6 Å². The summed E-state index contributed by atoms with van der Waals surface area (Å²) in [7, 11) is 0. The Bertz CT molecular complexity index is 228. The Morgan fingerprint density at radius 3 is 2.56 bits per heavy atom. The molecule has 1 amide bonds. The van der Waals surface area contributed by atoms with Gasteiger partial charge >= 0.3 is 6.09 Å². The third kappa shape index (κ3) is 6.84. The molecule has 0 aliphatic carbocycles. The van der Waals surface area contributed by atoms with Crippen molar-refractivity contribution >= 4 is 6.09 Å². The molecule has 4 nitrogen and oxygen atoms in total. The molecule has 0 spiro atoms. The van der Waals surface area contributed by atoms with Crippen LogP contribution in [0.1, 0.15) is 58.3 Å². The number of unbranched alkanes of at least 4 members (excludes halogenated alkanes) is 2. The van der Waals surface area contributed by atoms with Gasteiger partial charge in [0.1, 0.15) is 6.10 Å². The van der Waals surface area contributed by atoms with E-state index in [-0.39, 0.29) is 6.10 Å². The summed E-state index contributed by atoms with van der Waals surface area (Å²) in [5.74, 6) is 0. The van der Waals surface area contributed by atoms with E-state index in [0.717, 1.165) is 25.8 Å². The van der Waals surface area contributed by atoms with Crippen molar-refractivity contribution in [3.63, 3.8) is 0 Å². The van der Waals surface area contributed by atoms with Crippen LogP contribution >= 0.6 is 0 Å². The Labute approximate surface area is 111 Å². The van der Waals surface area contributed by atoms with Crippen LogP contribution in [0.5, 0.6) is 0 Å². The molecule has 4 heteroatoms. The van der Waals surface area contributed by atoms with Gasteiger partial charge in [0.25, 0.3) is 0 Å². The highest BCUT2D eigenvalue weighted by molar-refractivity contribution is 5.64. The molecular weight excluding hydrogens is 228 g/mol. The lowest BCUT2D eigenvalue weighted by Crippen LogP contribution is -2.33. The zero-order valence-corrected chi connectivity index (χ0v) is 11.7. The van der Waals surface area contributed by atoms with Crippen LogP contribution in [0.2, 0.25) is 0 Å². The number of likely N-dealkylation sites (tertiary alicyclic amines) is 1. The van der Waals surface area contributed by atoms with Crippen LogP contribution in [0.3, 0.4) is 0 Å². The fraction of sp³-hybridized carbons (Fsp3) is 0.929. The lowest BCUT2D eigenvalue weighted by molar-refractivity contribution is 0.0827. The van der Waals surface area contributed by atoms with Crippen LogP contribution in [0.4, 0.5) is 4.79 Å². The summed E-state index contributed by atoms with van der Waals surface area (Å²) < 4.78 is 5.20. The summed E-state index contributed by atoms with van der Waals surface area (Å²) >= 11 is 0. The van der Waals surface area contributed by atoms with Crippen molar-refractivity contribution in [2.75, 3.05) is 19.6 Å². The molecule has 2 N–H and O–H groups in total. The van der Waals surface area contributed by atoms with Crippen molar-refractivity contribution in [1.82, 2.24) is 4.90 Å². The summed E-state index contributed by atoms with van der Waals surface area (Å²) in [6, 6.07) is 0. The third-order valence-corrected chi connectivity index (χ3v) is 3.63. The van der Waals surface area contributed by atoms with Gasteiger partial charge in [-0.15, -0.1) is 0 Å². The van der Waals surface area contributed by atoms with Crippen LogP contribution < -0.4 is 5.73 Å². The monoisotopic (exact) mass is 256 g/mol. The summed E-state index contributed by atoms with van der Waals surface area (Å²) in [5.41, 5.74) is 5.13. The number of ether oxygens (including phenoxy) is 1. The SMILES string of the molecule is CCCCCC(CCN1CCCCC1)OC(N)=O. The van der Waals surface area contributed by atoms with Crippen LogP contribution in [-0.4, -0.2) is 36.7 Å². The molecule has 0 aromatic rings. The molecule has 0 aromatic carbocycles. The van der Waals surface area contributed by atoms with Gasteiger partial charge in [0.15, 0.2) is 0 Å². The van der Waals surface area contributed by atoms with Crippen LogP contribution in [0.15, 0.2) is 0 Å². The standard InChI is InChI=1S/C14H28N2O2/c1-2-3-5-8-13(18-14(15)17)9-12-16-10-6-4-7-11-16/h13H,2-12H2,1H3,(H2,15,17). The molecule has 0 bridgehead atoms. The minimum atomic E-state index is -0.629. The fourth-order valence-corrected chi connectivity index (χ4v) is 2.56. The predicted molar refractivity (Wildman–Crippen MR) is 73.5 cm³/mol. The number of carbonyl (C=O) groups excluding carboxylic acids is 1. The number of amides is 1. The average molecular weight is 256 g/mol. The summed E-state index contributed by atoms with van der Waals surface area (Å²) in [6.45, 7) is 5.60. The molecule has 1 aliphatic heterocycles. The second kappa shape index (κ2) is 9.20. The summed E-state index contributed by atoms with van der Waals surface area (Å²) in [5, 5.41) is 0. The van der Waals surface area contributed by atoms with Gasteiger partial charge in [0.2, 0.25) is 0 Å². The molecule has 18 heavy (non-hydrogen) atoms. The zero-order chi connectivity index (χ0) is 13.2. The first-order valence-corrected chi connectivity index (χ1v) is 7.40. The first-order chi connectivity index (χ1) is 8.72. The molecule has 1 fully saturated rings. The first-order valence-electron chi connectivity index (χ1n) is 7.40. The maximum Gasteiger partial charge on any atom is 0.404 e. The van der Waals surface area contributed by atoms with E-state index in [0.29, 0.717) is 0 Å². The number of primary amides is 1. The van der Waals surface area contributed by atoms with Gasteiger partial charge in [-0.3, -0.25) is 0 Å². The van der Waals surface area contributed by atoms with Crippen LogP contribution in [0.25, 0.3) is 0 Å². The molecule has 1 unspecified atom stereocenters. The summed E-state index contributed by atoms with van der Waals surface area (Å²) in [6.07, 6.45) is 8.72. The van der Waals surface area contributed by atoms with E-state index >= 15 is 0 Å². The molecule has 1 atom stereocenters. The Morgan fingerprint density at radius 2 is 1.94 bits per heavy atom. The quantitative estimate of drug-likeness (QED) is 0.679. The van der Waals surface area contributed by atoms with Gasteiger partial charge in [-0.1, -0.05) is 26.2 Å². The molecule has 0 saturated carbocycles. The Balaban J connectivity index is 2.22. The fourth-order valence-electron chi connectivity index (χ4n) is 2.56. The summed E-state index contributed by atoms with van der Waals surface area (Å²) in [4.78, 5) is 13.4. The number of rotatable bonds is 8. The van der Waals surface area contributed by atoms with Crippen LogP contribution in [-0.2, 0) is 4.74 Å². The van der Waals surface area contributed by atoms with Gasteiger partial charge < -0.3 is 15.4 Å². The van der Waals surface area contributed by atoms with E-state index in [1.54, 1.807) is 0 Å². The number of nitrogens with zero attached hydrogens (tertiary/aromatic N) is 1. The average Bonchev–Trinajstić information content (AvgIpc) is 2.37. The highest BCUT2D eigenvalue weighted by Crippen LogP contribution is 2.14. The van der Waals surface area contributed by atoms with Crippen LogP contribution in [0, 0.1) is 0 Å². The Morgan fingerprint density at radius 1 is 1.22 bits per heavy atom. The third-order valence-electron chi connectivity index (χ3n) is 3.63. The van der Waals surface area contributed by atoms with Gasteiger partial charge in [0, 0.05) is 6.54 Å². The molecule has 0 aromatic heterocycles. The van der Waals surface area contributed by atoms with Gasteiger partial charge in [-0.2, -0.15) is 0 Å². The molecule has 1 heterocycles. The van der Waals surface area contributed by atoms with E-state index in [1.807, 2.05) is 0 Å². The van der Waals surface area contributed by atoms with E-state index in [1.165, 1.54) is 45.2 Å². The molecule has 0 radical (unpaired) electrons. The number of carbonyl (C=O) groups is 1. The van der Waals surface area contributed by atoms with Gasteiger partial charge in [-0.05, 0) is 45.2 Å². The number of hydrogen-bond donors (Lipinski definition) is 1. The van der Waals surface area contributed by atoms with Crippen molar-refractivity contribution in [1.29, 1.82) is 0 Å². The molecule has 1 saturated heterocycles. The highest BCUT2D eigenvalue weighted by atomic mass is 16.6. The number of nitrogens with two attached hydrogens (primary N) is 1. The van der Waals surface area contributed by atoms with Crippen molar-refractivity contribution in [2.45, 2.75) is 64.4 Å². The molecule has 1 aliphatic rings. The normalized spacial score (nSPS) is 18.5. The van der Waals surface area contributed by atoms with E-state index < -0.39 is 6.09 Å². The maximum absolute atomic E-state index is 10.9. The smallest absolute Gasteiger partial charge is 0.404 e. The second-order valence-electron chi connectivity index (χ2n) is 5.25. The number of piperidine rings is 1. The lowest BCUT2D eigenvalue weighted by atomic mass is 10.1. The second-order valence-corrected chi connectivity index (χ2v) is 5.25.